The molecule has 0 N–H and O–H groups in total. The Bertz CT molecular complexity index is 592. The molecule has 0 spiro atoms. The first kappa shape index (κ1) is 13.1. The average Bonchev–Trinajstić information content (AvgIpc) is 2.55. The third-order valence-electron chi connectivity index (χ3n) is 2.41. The van der Waals surface area contributed by atoms with E-state index in [1.807, 2.05) is 0 Å². The van der Waals surface area contributed by atoms with Gasteiger partial charge in [-0.1, -0.05) is 0 Å². The lowest BCUT2D eigenvalue weighted by molar-refractivity contribution is -0.128. The number of hydrogen-bond acceptors (Lipinski definition) is 2. The molecule has 0 unspecified atom stereocenters. The molecule has 0 atom stereocenters. The number of hydrogen-bond donors (Lipinski definition) is 0. The van der Waals surface area contributed by atoms with Crippen LogP contribution in [0, 0.1) is 0 Å². The maximum absolute atomic E-state index is 12.4. The van der Waals surface area contributed by atoms with Gasteiger partial charge in [-0.3, -0.25) is 0 Å². The van der Waals surface area contributed by atoms with E-state index >= 15 is 0 Å². The Labute approximate surface area is 109 Å². The predicted molar refractivity (Wildman–Crippen MR) is 62.4 cm³/mol. The maximum atomic E-state index is 12.4. The summed E-state index contributed by atoms with van der Waals surface area (Å²) in [6.07, 6.45) is -3.39. The number of carbonyl (C=O) groups excluding carboxylic acids is 1. The van der Waals surface area contributed by atoms with Gasteiger partial charge in [0.1, 0.15) is 11.9 Å². The SMILES string of the molecule is O=CCc1c(CC(F)(F)F)nc2ccc(Br)cn12. The van der Waals surface area contributed by atoms with Gasteiger partial charge < -0.3 is 9.20 Å². The van der Waals surface area contributed by atoms with Crippen LogP contribution in [0.15, 0.2) is 22.8 Å². The molecule has 0 aliphatic heterocycles. The lowest BCUT2D eigenvalue weighted by atomic mass is 10.2. The van der Waals surface area contributed by atoms with Crippen LogP contribution < -0.4 is 0 Å². The van der Waals surface area contributed by atoms with Crippen LogP contribution in [0.5, 0.6) is 0 Å². The minimum atomic E-state index is -4.34. The molecule has 0 amide bonds. The third kappa shape index (κ3) is 2.72. The summed E-state index contributed by atoms with van der Waals surface area (Å²) in [5, 5.41) is 0. The van der Waals surface area contributed by atoms with Gasteiger partial charge in [0.2, 0.25) is 0 Å². The van der Waals surface area contributed by atoms with Gasteiger partial charge in [-0.2, -0.15) is 13.2 Å². The highest BCUT2D eigenvalue weighted by molar-refractivity contribution is 9.10. The fourth-order valence-corrected chi connectivity index (χ4v) is 2.08. The number of carbonyl (C=O) groups is 1. The van der Waals surface area contributed by atoms with Crippen LogP contribution >= 0.6 is 15.9 Å². The number of imidazole rings is 1. The lowest BCUT2D eigenvalue weighted by Gasteiger charge is -2.05. The van der Waals surface area contributed by atoms with Gasteiger partial charge in [-0.25, -0.2) is 4.98 Å². The van der Waals surface area contributed by atoms with Crippen molar-refractivity contribution in [3.05, 3.63) is 34.2 Å². The second kappa shape index (κ2) is 4.72. The molecule has 2 aromatic rings. The summed E-state index contributed by atoms with van der Waals surface area (Å²) in [5.41, 5.74) is 0.570. The van der Waals surface area contributed by atoms with Gasteiger partial charge in [-0.05, 0) is 28.1 Å². The van der Waals surface area contributed by atoms with E-state index in [2.05, 4.69) is 20.9 Å². The van der Waals surface area contributed by atoms with Crippen molar-refractivity contribution in [1.82, 2.24) is 9.38 Å². The molecule has 2 aromatic heterocycles. The van der Waals surface area contributed by atoms with Gasteiger partial charge in [0.05, 0.1) is 17.8 Å². The molecule has 0 aromatic carbocycles. The highest BCUT2D eigenvalue weighted by Crippen LogP contribution is 2.25. The average molecular weight is 321 g/mol. The van der Waals surface area contributed by atoms with Crippen LogP contribution in [0.4, 0.5) is 13.2 Å². The van der Waals surface area contributed by atoms with Crippen LogP contribution in [-0.4, -0.2) is 21.8 Å². The van der Waals surface area contributed by atoms with Gasteiger partial charge in [0.15, 0.2) is 0 Å². The van der Waals surface area contributed by atoms with Crippen LogP contribution in [0.3, 0.4) is 0 Å². The Balaban J connectivity index is 2.57. The van der Waals surface area contributed by atoms with Crippen molar-refractivity contribution < 1.29 is 18.0 Å². The Morgan fingerprint density at radius 3 is 2.72 bits per heavy atom. The van der Waals surface area contributed by atoms with E-state index in [-0.39, 0.29) is 17.8 Å². The van der Waals surface area contributed by atoms with Crippen LogP contribution in [0.1, 0.15) is 11.4 Å². The van der Waals surface area contributed by atoms with Crippen molar-refractivity contribution >= 4 is 27.9 Å². The van der Waals surface area contributed by atoms with Gasteiger partial charge in [0, 0.05) is 17.1 Å². The van der Waals surface area contributed by atoms with Crippen LogP contribution in [-0.2, 0) is 17.6 Å². The molecule has 18 heavy (non-hydrogen) atoms. The Hall–Kier alpha value is -1.37. The number of alkyl halides is 3. The summed E-state index contributed by atoms with van der Waals surface area (Å²) in [6, 6.07) is 3.28. The summed E-state index contributed by atoms with van der Waals surface area (Å²) in [4.78, 5) is 14.5. The third-order valence-corrected chi connectivity index (χ3v) is 2.88. The minimum absolute atomic E-state index is 0.0942. The van der Waals surface area contributed by atoms with E-state index in [0.717, 1.165) is 0 Å². The van der Waals surface area contributed by atoms with E-state index in [1.54, 1.807) is 18.3 Å². The van der Waals surface area contributed by atoms with Gasteiger partial charge in [-0.15, -0.1) is 0 Å². The Morgan fingerprint density at radius 2 is 2.11 bits per heavy atom. The van der Waals surface area contributed by atoms with Crippen molar-refractivity contribution in [2.75, 3.05) is 0 Å². The largest absolute Gasteiger partial charge is 0.394 e. The molecule has 2 heterocycles. The van der Waals surface area contributed by atoms with E-state index < -0.39 is 12.6 Å². The number of halogens is 4. The molecule has 7 heteroatoms. The predicted octanol–water partition coefficient (Wildman–Crippen LogP) is 2.94. The minimum Gasteiger partial charge on any atom is -0.303 e. The fraction of sp³-hybridized carbons (Fsp3) is 0.273. The van der Waals surface area contributed by atoms with E-state index in [9.17, 15) is 18.0 Å². The summed E-state index contributed by atoms with van der Waals surface area (Å²) >= 11 is 3.23. The summed E-state index contributed by atoms with van der Waals surface area (Å²) in [6.45, 7) is 0. The van der Waals surface area contributed by atoms with Crippen molar-refractivity contribution in [2.24, 2.45) is 0 Å². The maximum Gasteiger partial charge on any atom is 0.394 e. The smallest absolute Gasteiger partial charge is 0.303 e. The zero-order chi connectivity index (χ0) is 13.3. The highest BCUT2D eigenvalue weighted by Gasteiger charge is 2.31. The van der Waals surface area contributed by atoms with Crippen molar-refractivity contribution in [1.29, 1.82) is 0 Å². The normalized spacial score (nSPS) is 12.0. The molecule has 3 nitrogen and oxygen atoms in total. The number of nitrogens with zero attached hydrogens (tertiary/aromatic N) is 2. The summed E-state index contributed by atoms with van der Waals surface area (Å²) < 4.78 is 39.5. The van der Waals surface area contributed by atoms with Crippen LogP contribution in [0.25, 0.3) is 5.65 Å². The molecule has 0 bridgehead atoms. The first-order chi connectivity index (χ1) is 8.40. The van der Waals surface area contributed by atoms with E-state index in [1.165, 1.54) is 4.40 Å². The molecular weight excluding hydrogens is 313 g/mol. The molecule has 2 rings (SSSR count). The fourth-order valence-electron chi connectivity index (χ4n) is 1.74. The van der Waals surface area contributed by atoms with Crippen molar-refractivity contribution in [3.8, 4) is 0 Å². The molecule has 0 aliphatic carbocycles. The molecule has 0 aliphatic rings. The second-order valence-corrected chi connectivity index (χ2v) is 4.66. The molecule has 96 valence electrons. The standard InChI is InChI=1S/C11H8BrF3N2O/c12-7-1-2-10-16-8(5-11(13,14)15)9(3-4-18)17(10)6-7/h1-2,4,6H,3,5H2. The number of aromatic nitrogens is 2. The quantitative estimate of drug-likeness (QED) is 0.815. The molecule has 0 saturated carbocycles. The Kier molecular flexibility index (Phi) is 3.43. The summed E-state index contributed by atoms with van der Waals surface area (Å²) in [5.74, 6) is 0. The molecular formula is C11H8BrF3N2O. The molecule has 0 saturated heterocycles. The van der Waals surface area contributed by atoms with Gasteiger partial charge >= 0.3 is 6.18 Å². The monoisotopic (exact) mass is 320 g/mol. The number of pyridine rings is 1. The van der Waals surface area contributed by atoms with E-state index in [4.69, 9.17) is 0 Å². The lowest BCUT2D eigenvalue weighted by Crippen LogP contribution is -2.13. The topological polar surface area (TPSA) is 34.4 Å². The number of fused-ring (bicyclic) bond motifs is 1. The van der Waals surface area contributed by atoms with E-state index in [0.29, 0.717) is 16.4 Å². The zero-order valence-electron chi connectivity index (χ0n) is 9.04. The van der Waals surface area contributed by atoms with Crippen molar-refractivity contribution in [3.63, 3.8) is 0 Å². The Morgan fingerprint density at radius 1 is 1.39 bits per heavy atom. The van der Waals surface area contributed by atoms with Crippen LogP contribution in [0.2, 0.25) is 0 Å². The summed E-state index contributed by atoms with van der Waals surface area (Å²) in [7, 11) is 0. The zero-order valence-corrected chi connectivity index (χ0v) is 10.6. The van der Waals surface area contributed by atoms with Gasteiger partial charge in [0.25, 0.3) is 0 Å². The number of rotatable bonds is 3. The first-order valence-electron chi connectivity index (χ1n) is 5.06. The second-order valence-electron chi connectivity index (χ2n) is 3.74. The van der Waals surface area contributed by atoms with Crippen molar-refractivity contribution in [2.45, 2.75) is 19.0 Å². The molecule has 0 radical (unpaired) electrons. The number of aldehydes is 1. The molecule has 0 fully saturated rings. The highest BCUT2D eigenvalue weighted by atomic mass is 79.9. The first-order valence-corrected chi connectivity index (χ1v) is 5.86.